The Balaban J connectivity index is 1.47. The van der Waals surface area contributed by atoms with Crippen molar-refractivity contribution in [2.75, 3.05) is 11.9 Å². The van der Waals surface area contributed by atoms with Crippen LogP contribution < -0.4 is 10.1 Å². The Morgan fingerprint density at radius 2 is 2.04 bits per heavy atom. The smallest absolute Gasteiger partial charge is 0.262 e. The number of carbonyl (C=O) groups is 1. The van der Waals surface area contributed by atoms with Crippen molar-refractivity contribution in [3.63, 3.8) is 0 Å². The fraction of sp³-hybridized carbons (Fsp3) is 0.278. The highest BCUT2D eigenvalue weighted by Gasteiger charge is 2.24. The Labute approximate surface area is 139 Å². The van der Waals surface area contributed by atoms with Gasteiger partial charge in [-0.1, -0.05) is 24.6 Å². The van der Waals surface area contributed by atoms with Gasteiger partial charge in [-0.3, -0.25) is 4.79 Å². The highest BCUT2D eigenvalue weighted by atomic mass is 16.5. The van der Waals surface area contributed by atoms with Crippen molar-refractivity contribution in [3.8, 4) is 5.75 Å². The molecule has 0 atom stereocenters. The Kier molecular flexibility index (Phi) is 3.86. The van der Waals surface area contributed by atoms with Crippen LogP contribution in [0.2, 0.25) is 0 Å². The zero-order chi connectivity index (χ0) is 16.4. The van der Waals surface area contributed by atoms with Gasteiger partial charge >= 0.3 is 0 Å². The molecule has 0 bridgehead atoms. The lowest BCUT2D eigenvalue weighted by atomic mass is 9.85. The molecule has 1 saturated carbocycles. The second-order valence-electron chi connectivity index (χ2n) is 5.94. The van der Waals surface area contributed by atoms with Crippen LogP contribution in [0.1, 0.15) is 31.0 Å². The Hall–Kier alpha value is -2.89. The second-order valence-corrected chi connectivity index (χ2v) is 5.94. The number of nitrogens with zero attached hydrogens (tertiary/aromatic N) is 3. The first kappa shape index (κ1) is 14.7. The molecule has 24 heavy (non-hydrogen) atoms. The van der Waals surface area contributed by atoms with Crippen LogP contribution in [0.25, 0.3) is 5.65 Å². The first-order valence-electron chi connectivity index (χ1n) is 8.12. The average Bonchev–Trinajstić information content (AvgIpc) is 2.97. The number of anilines is 1. The average molecular weight is 322 g/mol. The number of fused-ring (bicyclic) bond motifs is 1. The highest BCUT2D eigenvalue weighted by molar-refractivity contribution is 5.95. The Morgan fingerprint density at radius 1 is 1.21 bits per heavy atom. The maximum absolute atomic E-state index is 12.1. The molecule has 122 valence electrons. The lowest BCUT2D eigenvalue weighted by Gasteiger charge is -2.21. The largest absolute Gasteiger partial charge is 0.484 e. The van der Waals surface area contributed by atoms with E-state index >= 15 is 0 Å². The molecule has 0 saturated heterocycles. The van der Waals surface area contributed by atoms with Gasteiger partial charge in [0.1, 0.15) is 5.75 Å². The molecular weight excluding hydrogens is 304 g/mol. The van der Waals surface area contributed by atoms with E-state index in [1.165, 1.54) is 6.42 Å². The zero-order valence-electron chi connectivity index (χ0n) is 13.2. The number of pyridine rings is 1. The number of hydrogen-bond acceptors (Lipinski definition) is 4. The van der Waals surface area contributed by atoms with Crippen molar-refractivity contribution in [3.05, 3.63) is 54.5 Å². The van der Waals surface area contributed by atoms with E-state index in [2.05, 4.69) is 15.4 Å². The van der Waals surface area contributed by atoms with Gasteiger partial charge in [-0.15, -0.1) is 0 Å². The van der Waals surface area contributed by atoms with Gasteiger partial charge in [0.25, 0.3) is 5.91 Å². The number of amides is 1. The molecule has 4 rings (SSSR count). The van der Waals surface area contributed by atoms with E-state index in [0.717, 1.165) is 18.7 Å². The standard InChI is InChI=1S/C18H18N4O2/c23-16(12-24-14-8-2-1-3-9-14)19-15-10-5-11-22-18(15)20-17(21-22)13-6-4-7-13/h1-3,5,8-11,13H,4,6-7,12H2,(H,19,23). The molecule has 0 unspecified atom stereocenters. The van der Waals surface area contributed by atoms with Gasteiger partial charge in [0.2, 0.25) is 0 Å². The molecule has 0 spiro atoms. The number of rotatable bonds is 5. The fourth-order valence-corrected chi connectivity index (χ4v) is 2.71. The number of benzene rings is 1. The van der Waals surface area contributed by atoms with Crippen LogP contribution in [0, 0.1) is 0 Å². The summed E-state index contributed by atoms with van der Waals surface area (Å²) in [6.45, 7) is -0.0469. The molecule has 6 heteroatoms. The number of aromatic nitrogens is 3. The molecular formula is C18H18N4O2. The van der Waals surface area contributed by atoms with Crippen molar-refractivity contribution in [1.82, 2.24) is 14.6 Å². The SMILES string of the molecule is O=C(COc1ccccc1)Nc1cccn2nc(C3CCC3)nc12. The van der Waals surface area contributed by atoms with Crippen molar-refractivity contribution in [2.45, 2.75) is 25.2 Å². The van der Waals surface area contributed by atoms with Gasteiger partial charge in [-0.05, 0) is 37.1 Å². The van der Waals surface area contributed by atoms with Gasteiger partial charge in [0, 0.05) is 12.1 Å². The maximum Gasteiger partial charge on any atom is 0.262 e. The number of hydrogen-bond donors (Lipinski definition) is 1. The molecule has 1 amide bonds. The van der Waals surface area contributed by atoms with Crippen LogP contribution in [0.15, 0.2) is 48.7 Å². The van der Waals surface area contributed by atoms with Crippen LogP contribution in [-0.4, -0.2) is 27.1 Å². The summed E-state index contributed by atoms with van der Waals surface area (Å²) in [5, 5.41) is 7.38. The van der Waals surface area contributed by atoms with E-state index in [9.17, 15) is 4.79 Å². The van der Waals surface area contributed by atoms with Crippen molar-refractivity contribution in [1.29, 1.82) is 0 Å². The minimum absolute atomic E-state index is 0.0469. The third-order valence-electron chi connectivity index (χ3n) is 4.24. The summed E-state index contributed by atoms with van der Waals surface area (Å²) in [5.74, 6) is 1.76. The van der Waals surface area contributed by atoms with Crippen LogP contribution in [0.3, 0.4) is 0 Å². The van der Waals surface area contributed by atoms with E-state index in [1.807, 2.05) is 48.7 Å². The third kappa shape index (κ3) is 2.95. The first-order chi connectivity index (χ1) is 11.8. The maximum atomic E-state index is 12.1. The molecule has 2 heterocycles. The number of ether oxygens (including phenoxy) is 1. The molecule has 0 aliphatic heterocycles. The van der Waals surface area contributed by atoms with Crippen LogP contribution >= 0.6 is 0 Å². The Bertz CT molecular complexity index is 856. The summed E-state index contributed by atoms with van der Waals surface area (Å²) >= 11 is 0. The number of para-hydroxylation sites is 1. The topological polar surface area (TPSA) is 68.5 Å². The van der Waals surface area contributed by atoms with E-state index in [4.69, 9.17) is 4.74 Å². The minimum Gasteiger partial charge on any atom is -0.484 e. The van der Waals surface area contributed by atoms with Gasteiger partial charge in [0.15, 0.2) is 18.1 Å². The molecule has 1 fully saturated rings. The number of nitrogens with one attached hydrogen (secondary N) is 1. The molecule has 1 aromatic carbocycles. The van der Waals surface area contributed by atoms with Gasteiger partial charge < -0.3 is 10.1 Å². The summed E-state index contributed by atoms with van der Waals surface area (Å²) in [4.78, 5) is 16.7. The van der Waals surface area contributed by atoms with Gasteiger partial charge in [-0.25, -0.2) is 9.50 Å². The number of carbonyl (C=O) groups excluding carboxylic acids is 1. The zero-order valence-corrected chi connectivity index (χ0v) is 13.2. The van der Waals surface area contributed by atoms with Crippen LogP contribution in [0.5, 0.6) is 5.75 Å². The lowest BCUT2D eigenvalue weighted by Crippen LogP contribution is -2.20. The molecule has 1 aliphatic carbocycles. The molecule has 1 N–H and O–H groups in total. The molecule has 6 nitrogen and oxygen atoms in total. The first-order valence-corrected chi connectivity index (χ1v) is 8.12. The van der Waals surface area contributed by atoms with Crippen molar-refractivity contribution >= 4 is 17.2 Å². The normalized spacial score (nSPS) is 14.3. The van der Waals surface area contributed by atoms with E-state index in [1.54, 1.807) is 4.52 Å². The second kappa shape index (κ2) is 6.31. The van der Waals surface area contributed by atoms with Gasteiger partial charge in [-0.2, -0.15) is 5.10 Å². The third-order valence-corrected chi connectivity index (χ3v) is 4.24. The predicted molar refractivity (Wildman–Crippen MR) is 90.1 cm³/mol. The lowest BCUT2D eigenvalue weighted by molar-refractivity contribution is -0.118. The van der Waals surface area contributed by atoms with Crippen molar-refractivity contribution < 1.29 is 9.53 Å². The molecule has 0 radical (unpaired) electrons. The molecule has 1 aliphatic rings. The highest BCUT2D eigenvalue weighted by Crippen LogP contribution is 2.34. The molecule has 3 aromatic rings. The van der Waals surface area contributed by atoms with E-state index in [0.29, 0.717) is 23.0 Å². The predicted octanol–water partition coefficient (Wildman–Crippen LogP) is 3.01. The monoisotopic (exact) mass is 322 g/mol. The molecule has 2 aromatic heterocycles. The fourth-order valence-electron chi connectivity index (χ4n) is 2.71. The summed E-state index contributed by atoms with van der Waals surface area (Å²) in [5.41, 5.74) is 1.32. The Morgan fingerprint density at radius 3 is 2.79 bits per heavy atom. The summed E-state index contributed by atoms with van der Waals surface area (Å²) in [6.07, 6.45) is 5.37. The summed E-state index contributed by atoms with van der Waals surface area (Å²) in [6, 6.07) is 12.9. The van der Waals surface area contributed by atoms with E-state index < -0.39 is 0 Å². The van der Waals surface area contributed by atoms with Crippen LogP contribution in [0.4, 0.5) is 5.69 Å². The quantitative estimate of drug-likeness (QED) is 0.784. The van der Waals surface area contributed by atoms with Gasteiger partial charge in [0.05, 0.1) is 5.69 Å². The van der Waals surface area contributed by atoms with Crippen molar-refractivity contribution in [2.24, 2.45) is 0 Å². The van der Waals surface area contributed by atoms with E-state index in [-0.39, 0.29) is 12.5 Å². The summed E-state index contributed by atoms with van der Waals surface area (Å²) < 4.78 is 7.19. The minimum atomic E-state index is -0.222. The van der Waals surface area contributed by atoms with Crippen LogP contribution in [-0.2, 0) is 4.79 Å². The summed E-state index contributed by atoms with van der Waals surface area (Å²) in [7, 11) is 0.